The van der Waals surface area contributed by atoms with E-state index in [1.54, 1.807) is 6.21 Å². The average Bonchev–Trinajstić information content (AvgIpc) is 2.90. The van der Waals surface area contributed by atoms with Crippen LogP contribution in [0.2, 0.25) is 0 Å². The van der Waals surface area contributed by atoms with Crippen molar-refractivity contribution in [3.05, 3.63) is 82.5 Å². The number of fused-ring (bicyclic) bond motifs is 1. The Bertz CT molecular complexity index is 971. The molecular weight excluding hydrogens is 390 g/mol. The molecular formula is C21H20BrN3O. The number of hydrogen-bond donors (Lipinski definition) is 1. The summed E-state index contributed by atoms with van der Waals surface area (Å²) in [6.07, 6.45) is 3.89. The number of rotatable bonds is 6. The van der Waals surface area contributed by atoms with Crippen molar-refractivity contribution in [2.45, 2.75) is 19.9 Å². The number of nitrogens with one attached hydrogen (secondary N) is 1. The number of hydrazone groups is 1. The molecule has 0 saturated carbocycles. The Labute approximate surface area is 161 Å². The van der Waals surface area contributed by atoms with E-state index in [9.17, 15) is 4.79 Å². The Hall–Kier alpha value is -2.66. The Kier molecular flexibility index (Phi) is 5.68. The molecule has 1 amide bonds. The second kappa shape index (κ2) is 8.15. The number of carbonyl (C=O) groups is 1. The molecule has 0 aliphatic carbocycles. The maximum atomic E-state index is 12.1. The molecule has 0 fully saturated rings. The summed E-state index contributed by atoms with van der Waals surface area (Å²) in [5.41, 5.74) is 6.79. The lowest BCUT2D eigenvalue weighted by molar-refractivity contribution is -0.120. The van der Waals surface area contributed by atoms with Crippen molar-refractivity contribution in [1.82, 2.24) is 9.99 Å². The van der Waals surface area contributed by atoms with Gasteiger partial charge in [-0.25, -0.2) is 5.43 Å². The quantitative estimate of drug-likeness (QED) is 0.361. The number of halogens is 1. The number of allylic oxidation sites excluding steroid dienone is 1. The molecule has 0 aliphatic rings. The van der Waals surface area contributed by atoms with Crippen LogP contribution >= 0.6 is 15.9 Å². The summed E-state index contributed by atoms with van der Waals surface area (Å²) in [7, 11) is 0. The molecule has 2 aromatic carbocycles. The summed E-state index contributed by atoms with van der Waals surface area (Å²) in [6, 6.07) is 15.8. The molecule has 0 saturated heterocycles. The van der Waals surface area contributed by atoms with Gasteiger partial charge in [0.15, 0.2) is 0 Å². The predicted molar refractivity (Wildman–Crippen MR) is 110 cm³/mol. The van der Waals surface area contributed by atoms with E-state index in [1.807, 2.05) is 42.5 Å². The topological polar surface area (TPSA) is 46.4 Å². The molecule has 1 aromatic heterocycles. The van der Waals surface area contributed by atoms with Crippen LogP contribution in [0.25, 0.3) is 10.9 Å². The monoisotopic (exact) mass is 409 g/mol. The number of nitrogens with zero attached hydrogens (tertiary/aromatic N) is 2. The normalized spacial score (nSPS) is 11.2. The fourth-order valence-electron chi connectivity index (χ4n) is 2.98. The second-order valence-corrected chi connectivity index (χ2v) is 6.93. The largest absolute Gasteiger partial charge is 0.340 e. The van der Waals surface area contributed by atoms with Crippen molar-refractivity contribution in [3.63, 3.8) is 0 Å². The van der Waals surface area contributed by atoms with E-state index in [0.29, 0.717) is 6.42 Å². The van der Waals surface area contributed by atoms with Gasteiger partial charge in [-0.1, -0.05) is 52.3 Å². The van der Waals surface area contributed by atoms with E-state index < -0.39 is 0 Å². The van der Waals surface area contributed by atoms with E-state index in [-0.39, 0.29) is 5.91 Å². The SMILES string of the molecule is C=CCn1c(C)c(/C=N\NC(=O)Cc2ccc(Br)cc2)c2ccccc21. The molecule has 4 nitrogen and oxygen atoms in total. The Balaban J connectivity index is 1.76. The summed E-state index contributed by atoms with van der Waals surface area (Å²) >= 11 is 3.39. The predicted octanol–water partition coefficient (Wildman–Crippen LogP) is 4.59. The molecule has 132 valence electrons. The zero-order valence-corrected chi connectivity index (χ0v) is 16.2. The lowest BCUT2D eigenvalue weighted by atomic mass is 10.1. The van der Waals surface area contributed by atoms with Crippen LogP contribution in [0.1, 0.15) is 16.8 Å². The molecule has 0 unspecified atom stereocenters. The molecule has 5 heteroatoms. The van der Waals surface area contributed by atoms with Crippen LogP contribution in [0.4, 0.5) is 0 Å². The van der Waals surface area contributed by atoms with Crippen LogP contribution < -0.4 is 5.43 Å². The van der Waals surface area contributed by atoms with Crippen molar-refractivity contribution in [1.29, 1.82) is 0 Å². The van der Waals surface area contributed by atoms with Crippen LogP contribution in [0.15, 0.2) is 70.8 Å². The Morgan fingerprint density at radius 1 is 1.23 bits per heavy atom. The van der Waals surface area contributed by atoms with Gasteiger partial charge >= 0.3 is 0 Å². The van der Waals surface area contributed by atoms with E-state index in [4.69, 9.17) is 0 Å². The van der Waals surface area contributed by atoms with Gasteiger partial charge in [-0.2, -0.15) is 5.10 Å². The third kappa shape index (κ3) is 3.94. The average molecular weight is 410 g/mol. The summed E-state index contributed by atoms with van der Waals surface area (Å²) in [4.78, 5) is 12.1. The van der Waals surface area contributed by atoms with E-state index >= 15 is 0 Å². The third-order valence-corrected chi connectivity index (χ3v) is 4.78. The fraction of sp³-hybridized carbons (Fsp3) is 0.143. The van der Waals surface area contributed by atoms with Gasteiger partial charge in [-0.3, -0.25) is 4.79 Å². The first-order valence-electron chi connectivity index (χ1n) is 8.35. The lowest BCUT2D eigenvalue weighted by Crippen LogP contribution is -2.19. The first-order valence-corrected chi connectivity index (χ1v) is 9.14. The number of para-hydroxylation sites is 1. The number of hydrogen-bond acceptors (Lipinski definition) is 2. The van der Waals surface area contributed by atoms with Crippen molar-refractivity contribution in [2.24, 2.45) is 5.10 Å². The minimum absolute atomic E-state index is 0.143. The number of carbonyl (C=O) groups excluding carboxylic acids is 1. The van der Waals surface area contributed by atoms with Gasteiger partial charge in [-0.15, -0.1) is 6.58 Å². The van der Waals surface area contributed by atoms with Crippen LogP contribution in [0.3, 0.4) is 0 Å². The maximum Gasteiger partial charge on any atom is 0.244 e. The standard InChI is InChI=1S/C21H20BrN3O/c1-3-12-25-15(2)19(18-6-4-5-7-20(18)25)14-23-24-21(26)13-16-8-10-17(22)11-9-16/h3-11,14H,1,12-13H2,2H3,(H,24,26)/b23-14-. The highest BCUT2D eigenvalue weighted by Crippen LogP contribution is 2.24. The molecule has 1 heterocycles. The van der Waals surface area contributed by atoms with Gasteiger partial charge in [0.1, 0.15) is 0 Å². The van der Waals surface area contributed by atoms with Crippen molar-refractivity contribution < 1.29 is 4.79 Å². The molecule has 26 heavy (non-hydrogen) atoms. The smallest absolute Gasteiger partial charge is 0.244 e. The van der Waals surface area contributed by atoms with E-state index in [1.165, 1.54) is 0 Å². The zero-order valence-electron chi connectivity index (χ0n) is 14.6. The molecule has 0 bridgehead atoms. The first kappa shape index (κ1) is 18.1. The fourth-order valence-corrected chi connectivity index (χ4v) is 3.25. The number of aromatic nitrogens is 1. The van der Waals surface area contributed by atoms with Crippen LogP contribution in [0, 0.1) is 6.92 Å². The Morgan fingerprint density at radius 3 is 2.69 bits per heavy atom. The van der Waals surface area contributed by atoms with Gasteiger partial charge in [0.05, 0.1) is 12.6 Å². The van der Waals surface area contributed by atoms with Gasteiger partial charge in [0.25, 0.3) is 0 Å². The van der Waals surface area contributed by atoms with Gasteiger partial charge in [-0.05, 0) is 30.7 Å². The molecule has 0 radical (unpaired) electrons. The minimum atomic E-state index is -0.143. The van der Waals surface area contributed by atoms with E-state index in [2.05, 4.69) is 56.7 Å². The Morgan fingerprint density at radius 2 is 1.96 bits per heavy atom. The molecule has 0 spiro atoms. The molecule has 3 aromatic rings. The maximum absolute atomic E-state index is 12.1. The van der Waals surface area contributed by atoms with Crippen LogP contribution in [0.5, 0.6) is 0 Å². The summed E-state index contributed by atoms with van der Waals surface area (Å²) in [5.74, 6) is -0.143. The van der Waals surface area contributed by atoms with Gasteiger partial charge in [0.2, 0.25) is 5.91 Å². The zero-order chi connectivity index (χ0) is 18.5. The van der Waals surface area contributed by atoms with Gasteiger partial charge in [0, 0.05) is 33.2 Å². The highest BCUT2D eigenvalue weighted by molar-refractivity contribution is 9.10. The summed E-state index contributed by atoms with van der Waals surface area (Å²) in [5, 5.41) is 5.28. The third-order valence-electron chi connectivity index (χ3n) is 4.25. The van der Waals surface area contributed by atoms with Crippen molar-refractivity contribution in [2.75, 3.05) is 0 Å². The highest BCUT2D eigenvalue weighted by Gasteiger charge is 2.11. The van der Waals surface area contributed by atoms with Crippen LogP contribution in [-0.4, -0.2) is 16.7 Å². The molecule has 0 aliphatic heterocycles. The van der Waals surface area contributed by atoms with Gasteiger partial charge < -0.3 is 4.57 Å². The van der Waals surface area contributed by atoms with Crippen molar-refractivity contribution in [3.8, 4) is 0 Å². The molecule has 1 N–H and O–H groups in total. The van der Waals surface area contributed by atoms with Crippen molar-refractivity contribution >= 4 is 39.0 Å². The molecule has 3 rings (SSSR count). The minimum Gasteiger partial charge on any atom is -0.340 e. The van der Waals surface area contributed by atoms with E-state index in [0.717, 1.165) is 38.7 Å². The summed E-state index contributed by atoms with van der Waals surface area (Å²) < 4.78 is 3.18. The lowest BCUT2D eigenvalue weighted by Gasteiger charge is -2.04. The number of benzene rings is 2. The number of amides is 1. The van der Waals surface area contributed by atoms with Crippen LogP contribution in [-0.2, 0) is 17.8 Å². The molecule has 0 atom stereocenters. The second-order valence-electron chi connectivity index (χ2n) is 6.01. The highest BCUT2D eigenvalue weighted by atomic mass is 79.9. The summed E-state index contributed by atoms with van der Waals surface area (Å²) in [6.45, 7) is 6.61. The first-order chi connectivity index (χ1) is 12.6.